The largest absolute Gasteiger partial charge is 0.483 e. The van der Waals surface area contributed by atoms with Gasteiger partial charge in [-0.05, 0) is 12.1 Å². The first kappa shape index (κ1) is 15.0. The highest BCUT2D eigenvalue weighted by atomic mass is 32.2. The molecule has 118 valence electrons. The van der Waals surface area contributed by atoms with Crippen LogP contribution in [0, 0.1) is 0 Å². The summed E-state index contributed by atoms with van der Waals surface area (Å²) < 4.78 is 33.5. The van der Waals surface area contributed by atoms with Crippen molar-refractivity contribution in [1.29, 1.82) is 0 Å². The van der Waals surface area contributed by atoms with E-state index in [0.717, 1.165) is 0 Å². The highest BCUT2D eigenvalue weighted by Crippen LogP contribution is 2.24. The van der Waals surface area contributed by atoms with Crippen LogP contribution in [0.1, 0.15) is 0 Å². The summed E-state index contributed by atoms with van der Waals surface area (Å²) in [6.45, 7) is 0.120. The molecule has 8 heteroatoms. The molecule has 0 unspecified atom stereocenters. The molecule has 7 nitrogen and oxygen atoms in total. The van der Waals surface area contributed by atoms with E-state index in [-0.39, 0.29) is 18.0 Å². The highest BCUT2D eigenvalue weighted by Gasteiger charge is 2.40. The SMILES string of the molecule is Cn1cc(O[C@@H]2CN(S(=O)(=O)c3ccccc3)C[C@H]2O)cn1. The van der Waals surface area contributed by atoms with E-state index in [1.54, 1.807) is 36.1 Å². The van der Waals surface area contributed by atoms with Crippen molar-refractivity contribution in [2.45, 2.75) is 17.1 Å². The summed E-state index contributed by atoms with van der Waals surface area (Å²) in [6.07, 6.45) is 1.71. The molecule has 0 bridgehead atoms. The van der Waals surface area contributed by atoms with Gasteiger partial charge in [0.25, 0.3) is 0 Å². The number of ether oxygens (including phenoxy) is 1. The zero-order chi connectivity index (χ0) is 15.7. The fourth-order valence-electron chi connectivity index (χ4n) is 2.41. The molecule has 0 aliphatic carbocycles. The molecule has 22 heavy (non-hydrogen) atoms. The van der Waals surface area contributed by atoms with Crippen molar-refractivity contribution in [3.05, 3.63) is 42.7 Å². The summed E-state index contributed by atoms with van der Waals surface area (Å²) in [6, 6.07) is 8.17. The van der Waals surface area contributed by atoms with Gasteiger partial charge in [-0.2, -0.15) is 9.40 Å². The van der Waals surface area contributed by atoms with Gasteiger partial charge in [-0.15, -0.1) is 0 Å². The first-order chi connectivity index (χ1) is 10.5. The van der Waals surface area contributed by atoms with Crippen LogP contribution >= 0.6 is 0 Å². The lowest BCUT2D eigenvalue weighted by Crippen LogP contribution is -2.31. The van der Waals surface area contributed by atoms with Gasteiger partial charge >= 0.3 is 0 Å². The summed E-state index contributed by atoms with van der Waals surface area (Å²) in [5.41, 5.74) is 0. The van der Waals surface area contributed by atoms with Gasteiger partial charge in [-0.3, -0.25) is 4.68 Å². The zero-order valence-electron chi connectivity index (χ0n) is 12.0. The molecule has 0 spiro atoms. The average Bonchev–Trinajstić information content (AvgIpc) is 3.07. The Morgan fingerprint density at radius 3 is 2.64 bits per heavy atom. The molecule has 2 aromatic rings. The molecular weight excluding hydrogens is 306 g/mol. The predicted octanol–water partition coefficient (Wildman–Crippen LogP) is 0.233. The number of sulfonamides is 1. The third kappa shape index (κ3) is 2.85. The van der Waals surface area contributed by atoms with Crippen LogP contribution in [0.25, 0.3) is 0 Å². The van der Waals surface area contributed by atoms with Gasteiger partial charge in [0.05, 0.1) is 23.8 Å². The summed E-state index contributed by atoms with van der Waals surface area (Å²) in [7, 11) is -1.87. The maximum Gasteiger partial charge on any atom is 0.243 e. The molecule has 0 radical (unpaired) electrons. The van der Waals surface area contributed by atoms with Gasteiger partial charge in [-0.25, -0.2) is 8.42 Å². The monoisotopic (exact) mass is 323 g/mol. The number of nitrogens with zero attached hydrogens (tertiary/aromatic N) is 3. The minimum Gasteiger partial charge on any atom is -0.483 e. The lowest BCUT2D eigenvalue weighted by molar-refractivity contribution is 0.0737. The van der Waals surface area contributed by atoms with Crippen molar-refractivity contribution in [2.24, 2.45) is 7.05 Å². The number of aliphatic hydroxyl groups is 1. The third-order valence-electron chi connectivity index (χ3n) is 3.55. The standard InChI is InChI=1S/C14H17N3O4S/c1-16-8-11(7-15-16)21-14-10-17(9-13(14)18)22(19,20)12-5-3-2-4-6-12/h2-8,13-14,18H,9-10H2,1H3/t13-,14-/m1/s1. The molecular formula is C14H17N3O4S. The molecule has 1 aromatic carbocycles. The van der Waals surface area contributed by atoms with Crippen molar-refractivity contribution in [3.8, 4) is 5.75 Å². The smallest absolute Gasteiger partial charge is 0.243 e. The summed E-state index contributed by atoms with van der Waals surface area (Å²) >= 11 is 0. The van der Waals surface area contributed by atoms with Crippen LogP contribution in [0.3, 0.4) is 0 Å². The zero-order valence-corrected chi connectivity index (χ0v) is 12.8. The normalized spacial score (nSPS) is 22.8. The van der Waals surface area contributed by atoms with Crippen LogP contribution in [0.5, 0.6) is 5.75 Å². The summed E-state index contributed by atoms with van der Waals surface area (Å²) in [5.74, 6) is 0.505. The van der Waals surface area contributed by atoms with E-state index < -0.39 is 22.2 Å². The maximum absolute atomic E-state index is 12.5. The first-order valence-electron chi connectivity index (χ1n) is 6.85. The van der Waals surface area contributed by atoms with E-state index in [2.05, 4.69) is 5.10 Å². The van der Waals surface area contributed by atoms with Gasteiger partial charge in [0.1, 0.15) is 12.2 Å². The third-order valence-corrected chi connectivity index (χ3v) is 5.40. The molecule has 1 aliphatic heterocycles. The molecule has 3 rings (SSSR count). The first-order valence-corrected chi connectivity index (χ1v) is 8.29. The molecule has 1 aliphatic rings. The summed E-state index contributed by atoms with van der Waals surface area (Å²) in [5, 5.41) is 14.1. The number of β-amino-alcohol motifs (C(OH)–C–C–N with tert-alkyl or cyclic N) is 1. The van der Waals surface area contributed by atoms with Crippen LogP contribution in [-0.2, 0) is 17.1 Å². The van der Waals surface area contributed by atoms with Crippen molar-refractivity contribution < 1.29 is 18.3 Å². The second kappa shape index (κ2) is 5.71. The van der Waals surface area contributed by atoms with Gasteiger partial charge in [-0.1, -0.05) is 18.2 Å². The Hall–Kier alpha value is -1.90. The fraction of sp³-hybridized carbons (Fsp3) is 0.357. The summed E-state index contributed by atoms with van der Waals surface area (Å²) in [4.78, 5) is 0.212. The fourth-order valence-corrected chi connectivity index (χ4v) is 3.90. The van der Waals surface area contributed by atoms with Crippen LogP contribution in [-0.4, -0.2) is 52.9 Å². The van der Waals surface area contributed by atoms with Crippen molar-refractivity contribution in [2.75, 3.05) is 13.1 Å². The lowest BCUT2D eigenvalue weighted by atomic mass is 10.3. The molecule has 0 amide bonds. The Morgan fingerprint density at radius 1 is 1.27 bits per heavy atom. The number of rotatable bonds is 4. The number of aliphatic hydroxyl groups excluding tert-OH is 1. The van der Waals surface area contributed by atoms with Crippen LogP contribution < -0.4 is 4.74 Å². The van der Waals surface area contributed by atoms with Crippen LogP contribution in [0.2, 0.25) is 0 Å². The predicted molar refractivity (Wildman–Crippen MR) is 78.8 cm³/mol. The Balaban J connectivity index is 1.75. The van der Waals surface area contributed by atoms with Gasteiger partial charge < -0.3 is 9.84 Å². The Labute approximate surface area is 128 Å². The van der Waals surface area contributed by atoms with E-state index in [0.29, 0.717) is 5.75 Å². The van der Waals surface area contributed by atoms with Crippen molar-refractivity contribution in [3.63, 3.8) is 0 Å². The Morgan fingerprint density at radius 2 is 2.00 bits per heavy atom. The van der Waals surface area contributed by atoms with Gasteiger partial charge in [0, 0.05) is 13.6 Å². The lowest BCUT2D eigenvalue weighted by Gasteiger charge is -2.16. The van der Waals surface area contributed by atoms with E-state index in [1.165, 1.54) is 22.6 Å². The number of benzene rings is 1. The average molecular weight is 323 g/mol. The van der Waals surface area contributed by atoms with E-state index in [4.69, 9.17) is 4.74 Å². The molecule has 1 N–H and O–H groups in total. The van der Waals surface area contributed by atoms with E-state index in [9.17, 15) is 13.5 Å². The minimum absolute atomic E-state index is 0.0160. The second-order valence-corrected chi connectivity index (χ2v) is 7.15. The molecule has 1 saturated heterocycles. The molecule has 2 heterocycles. The number of hydrogen-bond acceptors (Lipinski definition) is 5. The number of aromatic nitrogens is 2. The Kier molecular flexibility index (Phi) is 3.90. The minimum atomic E-state index is -3.62. The Bertz CT molecular complexity index is 744. The molecule has 1 aromatic heterocycles. The second-order valence-electron chi connectivity index (χ2n) is 5.21. The topological polar surface area (TPSA) is 84.7 Å². The highest BCUT2D eigenvalue weighted by molar-refractivity contribution is 7.89. The maximum atomic E-state index is 12.5. The van der Waals surface area contributed by atoms with Gasteiger partial charge in [0.2, 0.25) is 10.0 Å². The van der Waals surface area contributed by atoms with Crippen LogP contribution in [0.15, 0.2) is 47.6 Å². The number of aryl methyl sites for hydroxylation is 1. The van der Waals surface area contributed by atoms with E-state index >= 15 is 0 Å². The molecule has 0 saturated carbocycles. The number of hydrogen-bond donors (Lipinski definition) is 1. The molecule has 2 atom stereocenters. The molecule has 1 fully saturated rings. The van der Waals surface area contributed by atoms with Crippen molar-refractivity contribution >= 4 is 10.0 Å². The van der Waals surface area contributed by atoms with Gasteiger partial charge in [0.15, 0.2) is 5.75 Å². The van der Waals surface area contributed by atoms with Crippen molar-refractivity contribution in [1.82, 2.24) is 14.1 Å². The van der Waals surface area contributed by atoms with Crippen LogP contribution in [0.4, 0.5) is 0 Å². The van der Waals surface area contributed by atoms with E-state index in [1.807, 2.05) is 0 Å². The quantitative estimate of drug-likeness (QED) is 0.871.